The molecule has 0 radical (unpaired) electrons. The highest BCUT2D eigenvalue weighted by Crippen LogP contribution is 2.38. The third-order valence-electron chi connectivity index (χ3n) is 4.79. The van der Waals surface area contributed by atoms with Crippen LogP contribution >= 0.6 is 0 Å². The molecule has 7 nitrogen and oxygen atoms in total. The fourth-order valence-electron chi connectivity index (χ4n) is 3.42. The van der Waals surface area contributed by atoms with Crippen LogP contribution in [0.3, 0.4) is 0 Å². The molecule has 24 heavy (non-hydrogen) atoms. The molecule has 0 aromatic carbocycles. The number of fused-ring (bicyclic) bond motifs is 1. The van der Waals surface area contributed by atoms with E-state index >= 15 is 0 Å². The summed E-state index contributed by atoms with van der Waals surface area (Å²) in [5, 5.41) is 12.6. The molecule has 1 aromatic rings. The molecule has 1 atom stereocenters. The zero-order chi connectivity index (χ0) is 17.3. The Kier molecular flexibility index (Phi) is 4.45. The summed E-state index contributed by atoms with van der Waals surface area (Å²) in [6.07, 6.45) is 3.07. The SMILES string of the molecule is CC1(C)OC(=O)c2c1ccnc2NCC(C(=O)O)C1CCOCC1. The molecule has 0 saturated carbocycles. The van der Waals surface area contributed by atoms with Crippen molar-refractivity contribution in [2.75, 3.05) is 25.1 Å². The molecule has 2 N–H and O–H groups in total. The monoisotopic (exact) mass is 334 g/mol. The van der Waals surface area contributed by atoms with Crippen LogP contribution in [0.1, 0.15) is 42.6 Å². The van der Waals surface area contributed by atoms with Crippen molar-refractivity contribution in [2.24, 2.45) is 11.8 Å². The number of esters is 1. The third-order valence-corrected chi connectivity index (χ3v) is 4.79. The van der Waals surface area contributed by atoms with E-state index < -0.39 is 23.5 Å². The predicted octanol–water partition coefficient (Wildman–Crippen LogP) is 2.03. The predicted molar refractivity (Wildman–Crippen MR) is 85.8 cm³/mol. The smallest absolute Gasteiger partial charge is 0.343 e. The lowest BCUT2D eigenvalue weighted by atomic mass is 9.86. The first-order valence-electron chi connectivity index (χ1n) is 8.17. The molecular formula is C17H22N2O5. The van der Waals surface area contributed by atoms with E-state index in [9.17, 15) is 14.7 Å². The summed E-state index contributed by atoms with van der Waals surface area (Å²) in [5.74, 6) is -1.37. The fourth-order valence-corrected chi connectivity index (χ4v) is 3.42. The van der Waals surface area contributed by atoms with Crippen LogP contribution in [-0.2, 0) is 19.9 Å². The largest absolute Gasteiger partial charge is 0.481 e. The lowest BCUT2D eigenvalue weighted by Crippen LogP contribution is -2.34. The molecule has 1 fully saturated rings. The first kappa shape index (κ1) is 16.7. The van der Waals surface area contributed by atoms with Crippen LogP contribution in [0.4, 0.5) is 5.82 Å². The van der Waals surface area contributed by atoms with Gasteiger partial charge in [0.25, 0.3) is 0 Å². The first-order valence-corrected chi connectivity index (χ1v) is 8.17. The summed E-state index contributed by atoms with van der Waals surface area (Å²) in [7, 11) is 0. The highest BCUT2D eigenvalue weighted by Gasteiger charge is 2.40. The van der Waals surface area contributed by atoms with Crippen molar-refractivity contribution in [3.63, 3.8) is 0 Å². The third kappa shape index (κ3) is 3.08. The van der Waals surface area contributed by atoms with Crippen LogP contribution in [0.25, 0.3) is 0 Å². The first-order chi connectivity index (χ1) is 11.4. The highest BCUT2D eigenvalue weighted by molar-refractivity contribution is 5.99. The average Bonchev–Trinajstić information content (AvgIpc) is 2.78. The van der Waals surface area contributed by atoms with E-state index in [1.54, 1.807) is 12.3 Å². The zero-order valence-corrected chi connectivity index (χ0v) is 13.9. The Morgan fingerprint density at radius 3 is 2.83 bits per heavy atom. The number of nitrogens with zero attached hydrogens (tertiary/aromatic N) is 1. The number of hydrogen-bond donors (Lipinski definition) is 2. The molecule has 1 unspecified atom stereocenters. The highest BCUT2D eigenvalue weighted by atomic mass is 16.6. The van der Waals surface area contributed by atoms with Gasteiger partial charge in [0.05, 0.1) is 5.92 Å². The fraction of sp³-hybridized carbons (Fsp3) is 0.588. The van der Waals surface area contributed by atoms with E-state index in [4.69, 9.17) is 9.47 Å². The summed E-state index contributed by atoms with van der Waals surface area (Å²) in [5.41, 5.74) is 0.472. The second-order valence-corrected chi connectivity index (χ2v) is 6.76. The van der Waals surface area contributed by atoms with Gasteiger partial charge in [-0.2, -0.15) is 0 Å². The Labute approximate surface area is 140 Å². The van der Waals surface area contributed by atoms with E-state index in [0.717, 1.165) is 18.4 Å². The maximum absolute atomic E-state index is 12.1. The maximum atomic E-state index is 12.1. The van der Waals surface area contributed by atoms with Crippen molar-refractivity contribution in [3.05, 3.63) is 23.4 Å². The standard InChI is InChI=1S/C17H22N2O5/c1-17(2)12-3-6-18-14(13(12)16(22)24-17)19-9-11(15(20)21)10-4-7-23-8-5-10/h3,6,10-11H,4-5,7-9H2,1-2H3,(H,18,19)(H,20,21). The van der Waals surface area contributed by atoms with Crippen molar-refractivity contribution in [2.45, 2.75) is 32.3 Å². The average molecular weight is 334 g/mol. The van der Waals surface area contributed by atoms with Crippen LogP contribution in [0.15, 0.2) is 12.3 Å². The van der Waals surface area contributed by atoms with Crippen molar-refractivity contribution >= 4 is 17.8 Å². The number of aromatic nitrogens is 1. The van der Waals surface area contributed by atoms with Gasteiger partial charge in [0.1, 0.15) is 17.0 Å². The molecule has 0 aliphatic carbocycles. The van der Waals surface area contributed by atoms with Gasteiger partial charge in [-0.1, -0.05) is 0 Å². The van der Waals surface area contributed by atoms with Crippen molar-refractivity contribution in [1.82, 2.24) is 4.98 Å². The van der Waals surface area contributed by atoms with Crippen molar-refractivity contribution in [3.8, 4) is 0 Å². The number of aliphatic carboxylic acids is 1. The normalized spacial score (nSPS) is 21.0. The second kappa shape index (κ2) is 6.39. The lowest BCUT2D eigenvalue weighted by Gasteiger charge is -2.28. The molecule has 2 aliphatic rings. The van der Waals surface area contributed by atoms with Gasteiger partial charge in [0, 0.05) is 31.5 Å². The lowest BCUT2D eigenvalue weighted by molar-refractivity contribution is -0.144. The van der Waals surface area contributed by atoms with Gasteiger partial charge in [0.15, 0.2) is 0 Å². The van der Waals surface area contributed by atoms with E-state index in [1.807, 2.05) is 13.8 Å². The summed E-state index contributed by atoms with van der Waals surface area (Å²) >= 11 is 0. The van der Waals surface area contributed by atoms with Crippen LogP contribution < -0.4 is 5.32 Å². The van der Waals surface area contributed by atoms with E-state index in [-0.39, 0.29) is 12.5 Å². The Morgan fingerprint density at radius 2 is 2.17 bits per heavy atom. The topological polar surface area (TPSA) is 97.8 Å². The minimum Gasteiger partial charge on any atom is -0.481 e. The number of nitrogens with one attached hydrogen (secondary N) is 1. The van der Waals surface area contributed by atoms with Crippen LogP contribution in [0, 0.1) is 11.8 Å². The van der Waals surface area contributed by atoms with Gasteiger partial charge in [0.2, 0.25) is 0 Å². The van der Waals surface area contributed by atoms with Gasteiger partial charge in [-0.3, -0.25) is 4.79 Å². The van der Waals surface area contributed by atoms with Crippen LogP contribution in [-0.4, -0.2) is 41.8 Å². The molecule has 0 amide bonds. The van der Waals surface area contributed by atoms with Gasteiger partial charge in [-0.15, -0.1) is 0 Å². The molecular weight excluding hydrogens is 312 g/mol. The van der Waals surface area contributed by atoms with E-state index in [0.29, 0.717) is 24.6 Å². The van der Waals surface area contributed by atoms with Gasteiger partial charge < -0.3 is 19.9 Å². The van der Waals surface area contributed by atoms with Gasteiger partial charge in [-0.25, -0.2) is 9.78 Å². The summed E-state index contributed by atoms with van der Waals surface area (Å²) in [6, 6.07) is 1.76. The maximum Gasteiger partial charge on any atom is 0.343 e. The number of carbonyl (C=O) groups is 2. The molecule has 3 rings (SSSR count). The van der Waals surface area contributed by atoms with Crippen molar-refractivity contribution < 1.29 is 24.2 Å². The molecule has 1 aromatic heterocycles. The molecule has 1 saturated heterocycles. The van der Waals surface area contributed by atoms with Crippen molar-refractivity contribution in [1.29, 1.82) is 0 Å². The number of anilines is 1. The quantitative estimate of drug-likeness (QED) is 0.795. The van der Waals surface area contributed by atoms with Crippen LogP contribution in [0.2, 0.25) is 0 Å². The minimum absolute atomic E-state index is 0.0592. The zero-order valence-electron chi connectivity index (χ0n) is 13.9. The molecule has 130 valence electrons. The van der Waals surface area contributed by atoms with Crippen LogP contribution in [0.5, 0.6) is 0 Å². The summed E-state index contributed by atoms with van der Waals surface area (Å²) in [6.45, 7) is 5.05. The van der Waals surface area contributed by atoms with E-state index in [1.165, 1.54) is 0 Å². The number of carbonyl (C=O) groups excluding carboxylic acids is 1. The summed E-state index contributed by atoms with van der Waals surface area (Å²) < 4.78 is 10.7. The summed E-state index contributed by atoms with van der Waals surface area (Å²) in [4.78, 5) is 28.0. The Hall–Kier alpha value is -2.15. The second-order valence-electron chi connectivity index (χ2n) is 6.76. The Morgan fingerprint density at radius 1 is 1.46 bits per heavy atom. The number of carboxylic acids is 1. The Bertz CT molecular complexity index is 652. The van der Waals surface area contributed by atoms with Gasteiger partial charge >= 0.3 is 11.9 Å². The number of ether oxygens (including phenoxy) is 2. The number of cyclic esters (lactones) is 1. The number of rotatable bonds is 5. The molecule has 0 bridgehead atoms. The van der Waals surface area contributed by atoms with E-state index in [2.05, 4.69) is 10.3 Å². The Balaban J connectivity index is 1.78. The molecule has 7 heteroatoms. The number of carboxylic acid groups (broad SMARTS) is 1. The minimum atomic E-state index is -0.843. The number of pyridine rings is 1. The number of hydrogen-bond acceptors (Lipinski definition) is 6. The molecule has 2 aliphatic heterocycles. The van der Waals surface area contributed by atoms with Gasteiger partial charge in [-0.05, 0) is 38.7 Å². The molecule has 0 spiro atoms. The molecule has 3 heterocycles.